The van der Waals surface area contributed by atoms with Crippen molar-refractivity contribution < 1.29 is 4.79 Å². The highest BCUT2D eigenvalue weighted by Gasteiger charge is 2.32. The lowest BCUT2D eigenvalue weighted by atomic mass is 10.1. The van der Waals surface area contributed by atoms with E-state index in [1.165, 1.54) is 0 Å². The lowest BCUT2D eigenvalue weighted by Crippen LogP contribution is -2.31. The summed E-state index contributed by atoms with van der Waals surface area (Å²) in [4.78, 5) is 27.6. The maximum Gasteiger partial charge on any atom is 0.272 e. The predicted molar refractivity (Wildman–Crippen MR) is 91.6 cm³/mol. The van der Waals surface area contributed by atoms with Crippen molar-refractivity contribution in [3.8, 4) is 11.3 Å². The lowest BCUT2D eigenvalue weighted by Gasteiger charge is -2.23. The molecule has 1 N–H and O–H groups in total. The number of hydrogen-bond acceptors (Lipinski definition) is 5. The summed E-state index contributed by atoms with van der Waals surface area (Å²) in [6.45, 7) is 2.62. The molecule has 7 nitrogen and oxygen atoms in total. The van der Waals surface area contributed by atoms with Crippen LogP contribution in [0.2, 0.25) is 0 Å². The van der Waals surface area contributed by atoms with Crippen LogP contribution in [0, 0.1) is 6.92 Å². The maximum atomic E-state index is 13.0. The van der Waals surface area contributed by atoms with E-state index in [0.717, 1.165) is 29.8 Å². The zero-order valence-electron chi connectivity index (χ0n) is 13.9. The average molecular weight is 334 g/mol. The number of aromatic amines is 1. The van der Waals surface area contributed by atoms with E-state index < -0.39 is 0 Å². The first-order valence-corrected chi connectivity index (χ1v) is 8.28. The largest absolute Gasteiger partial charge is 0.329 e. The Morgan fingerprint density at radius 2 is 2.20 bits per heavy atom. The molecule has 1 saturated heterocycles. The first-order valence-electron chi connectivity index (χ1n) is 8.28. The molecule has 126 valence electrons. The SMILES string of the molecule is Cc1cncc(C2CCCN2C(=O)c2cc(-c3cccnc3)n[nH]2)n1. The number of carbonyl (C=O) groups is 1. The highest BCUT2D eigenvalue weighted by molar-refractivity contribution is 5.93. The molecule has 1 unspecified atom stereocenters. The van der Waals surface area contributed by atoms with Crippen LogP contribution in [0.5, 0.6) is 0 Å². The summed E-state index contributed by atoms with van der Waals surface area (Å²) in [5.41, 5.74) is 3.77. The van der Waals surface area contributed by atoms with E-state index in [1.807, 2.05) is 24.0 Å². The average Bonchev–Trinajstić information content (AvgIpc) is 3.32. The lowest BCUT2D eigenvalue weighted by molar-refractivity contribution is 0.0726. The second kappa shape index (κ2) is 6.43. The van der Waals surface area contributed by atoms with E-state index in [1.54, 1.807) is 30.9 Å². The minimum Gasteiger partial charge on any atom is -0.329 e. The molecule has 4 heterocycles. The number of amides is 1. The fourth-order valence-corrected chi connectivity index (χ4v) is 3.21. The number of nitrogens with one attached hydrogen (secondary N) is 1. The number of H-pyrrole nitrogens is 1. The summed E-state index contributed by atoms with van der Waals surface area (Å²) < 4.78 is 0. The summed E-state index contributed by atoms with van der Waals surface area (Å²) >= 11 is 0. The van der Waals surface area contributed by atoms with Gasteiger partial charge in [-0.05, 0) is 38.0 Å². The molecule has 1 amide bonds. The van der Waals surface area contributed by atoms with E-state index in [9.17, 15) is 4.79 Å². The van der Waals surface area contributed by atoms with Crippen molar-refractivity contribution in [3.05, 3.63) is 60.1 Å². The molecule has 1 aliphatic rings. The van der Waals surface area contributed by atoms with Gasteiger partial charge in [0.1, 0.15) is 5.69 Å². The zero-order valence-corrected chi connectivity index (χ0v) is 13.9. The molecule has 4 rings (SSSR count). The second-order valence-electron chi connectivity index (χ2n) is 6.15. The molecule has 7 heteroatoms. The van der Waals surface area contributed by atoms with E-state index >= 15 is 0 Å². The Bertz CT molecular complexity index is 891. The Kier molecular flexibility index (Phi) is 3.97. The van der Waals surface area contributed by atoms with Crippen LogP contribution in [-0.4, -0.2) is 42.5 Å². The Morgan fingerprint density at radius 1 is 1.28 bits per heavy atom. The van der Waals surface area contributed by atoms with Crippen LogP contribution >= 0.6 is 0 Å². The second-order valence-corrected chi connectivity index (χ2v) is 6.15. The van der Waals surface area contributed by atoms with Gasteiger partial charge in [0.2, 0.25) is 0 Å². The standard InChI is InChI=1S/C18H18N6O/c1-12-9-20-11-16(21-12)17-5-3-7-24(17)18(25)15-8-14(22-23-15)13-4-2-6-19-10-13/h2,4,6,8-11,17H,3,5,7H2,1H3,(H,22,23). The topological polar surface area (TPSA) is 87.7 Å². The molecule has 0 spiro atoms. The monoisotopic (exact) mass is 334 g/mol. The molecule has 0 saturated carbocycles. The van der Waals surface area contributed by atoms with Crippen molar-refractivity contribution in [1.82, 2.24) is 30.0 Å². The van der Waals surface area contributed by atoms with Crippen LogP contribution in [0.4, 0.5) is 0 Å². The van der Waals surface area contributed by atoms with Crippen molar-refractivity contribution in [2.24, 2.45) is 0 Å². The summed E-state index contributed by atoms with van der Waals surface area (Å²) in [5.74, 6) is -0.0616. The van der Waals surface area contributed by atoms with Gasteiger partial charge in [0.05, 0.1) is 29.3 Å². The van der Waals surface area contributed by atoms with Crippen LogP contribution in [0.3, 0.4) is 0 Å². The number of hydrogen-bond donors (Lipinski definition) is 1. The maximum absolute atomic E-state index is 13.0. The predicted octanol–water partition coefficient (Wildman–Crippen LogP) is 2.55. The van der Waals surface area contributed by atoms with Crippen LogP contribution in [0.1, 0.15) is 40.8 Å². The first kappa shape index (κ1) is 15.4. The highest BCUT2D eigenvalue weighted by atomic mass is 16.2. The van der Waals surface area contributed by atoms with E-state index in [0.29, 0.717) is 17.9 Å². The van der Waals surface area contributed by atoms with Gasteiger partial charge in [0, 0.05) is 30.7 Å². The van der Waals surface area contributed by atoms with Crippen LogP contribution in [-0.2, 0) is 0 Å². The molecule has 3 aromatic rings. The molecule has 1 fully saturated rings. The summed E-state index contributed by atoms with van der Waals surface area (Å²) in [6.07, 6.45) is 8.76. The van der Waals surface area contributed by atoms with Crippen molar-refractivity contribution in [3.63, 3.8) is 0 Å². The van der Waals surface area contributed by atoms with E-state index in [-0.39, 0.29) is 11.9 Å². The van der Waals surface area contributed by atoms with Gasteiger partial charge in [-0.15, -0.1) is 0 Å². The Morgan fingerprint density at radius 3 is 3.00 bits per heavy atom. The number of pyridine rings is 1. The summed E-state index contributed by atoms with van der Waals surface area (Å²) in [6, 6.07) is 5.50. The normalized spacial score (nSPS) is 17.0. The number of nitrogens with zero attached hydrogens (tertiary/aromatic N) is 5. The Hall–Kier alpha value is -3.09. The van der Waals surface area contributed by atoms with Gasteiger partial charge in [-0.25, -0.2) is 0 Å². The van der Waals surface area contributed by atoms with Crippen molar-refractivity contribution in [2.75, 3.05) is 6.54 Å². The van der Waals surface area contributed by atoms with Gasteiger partial charge in [0.15, 0.2) is 0 Å². The Labute approximate surface area is 145 Å². The van der Waals surface area contributed by atoms with Crippen LogP contribution in [0.15, 0.2) is 43.0 Å². The van der Waals surface area contributed by atoms with Gasteiger partial charge in [-0.1, -0.05) is 0 Å². The number of aryl methyl sites for hydroxylation is 1. The van der Waals surface area contributed by atoms with Gasteiger partial charge in [-0.3, -0.25) is 24.8 Å². The molecule has 3 aromatic heterocycles. The summed E-state index contributed by atoms with van der Waals surface area (Å²) in [5, 5.41) is 7.11. The van der Waals surface area contributed by atoms with Crippen molar-refractivity contribution >= 4 is 5.91 Å². The molecular weight excluding hydrogens is 316 g/mol. The van der Waals surface area contributed by atoms with Crippen LogP contribution in [0.25, 0.3) is 11.3 Å². The fourth-order valence-electron chi connectivity index (χ4n) is 3.21. The van der Waals surface area contributed by atoms with E-state index in [2.05, 4.69) is 25.1 Å². The van der Waals surface area contributed by atoms with Gasteiger partial charge < -0.3 is 4.90 Å². The first-order chi connectivity index (χ1) is 12.2. The molecular formula is C18H18N6O. The highest BCUT2D eigenvalue weighted by Crippen LogP contribution is 2.32. The number of likely N-dealkylation sites (tertiary alicyclic amines) is 1. The van der Waals surface area contributed by atoms with Crippen LogP contribution < -0.4 is 0 Å². The third kappa shape index (κ3) is 3.00. The molecule has 0 aromatic carbocycles. The molecule has 1 aliphatic heterocycles. The minimum atomic E-state index is -0.0616. The third-order valence-electron chi connectivity index (χ3n) is 4.39. The van der Waals surface area contributed by atoms with Crippen molar-refractivity contribution in [1.29, 1.82) is 0 Å². The molecule has 25 heavy (non-hydrogen) atoms. The van der Waals surface area contributed by atoms with Gasteiger partial charge in [-0.2, -0.15) is 5.10 Å². The molecule has 1 atom stereocenters. The molecule has 0 bridgehead atoms. The minimum absolute atomic E-state index is 0.0370. The summed E-state index contributed by atoms with van der Waals surface area (Å²) in [7, 11) is 0. The number of carbonyl (C=O) groups excluding carboxylic acids is 1. The quantitative estimate of drug-likeness (QED) is 0.795. The van der Waals surface area contributed by atoms with Crippen molar-refractivity contribution in [2.45, 2.75) is 25.8 Å². The third-order valence-corrected chi connectivity index (χ3v) is 4.39. The smallest absolute Gasteiger partial charge is 0.272 e. The Balaban J connectivity index is 1.59. The molecule has 0 radical (unpaired) electrons. The molecule has 0 aliphatic carbocycles. The van der Waals surface area contributed by atoms with Gasteiger partial charge in [0.25, 0.3) is 5.91 Å². The number of rotatable bonds is 3. The zero-order chi connectivity index (χ0) is 17.2. The van der Waals surface area contributed by atoms with E-state index in [4.69, 9.17) is 0 Å². The fraction of sp³-hybridized carbons (Fsp3) is 0.278. The number of aromatic nitrogens is 5. The van der Waals surface area contributed by atoms with Gasteiger partial charge >= 0.3 is 0 Å².